The summed E-state index contributed by atoms with van der Waals surface area (Å²) in [5.41, 5.74) is 1.99. The minimum Gasteiger partial charge on any atom is -0.464 e. The molecule has 2 aromatic heterocycles. The third-order valence-corrected chi connectivity index (χ3v) is 7.38. The van der Waals surface area contributed by atoms with Crippen LogP contribution in [0.2, 0.25) is 0 Å². The first-order chi connectivity index (χ1) is 21.3. The van der Waals surface area contributed by atoms with Gasteiger partial charge in [-0.1, -0.05) is 12.1 Å². The summed E-state index contributed by atoms with van der Waals surface area (Å²) in [6.07, 6.45) is 2.50. The van der Waals surface area contributed by atoms with E-state index in [1.807, 2.05) is 6.92 Å². The Morgan fingerprint density at radius 1 is 1.02 bits per heavy atom. The Morgan fingerprint density at radius 3 is 2.47 bits per heavy atom. The topological polar surface area (TPSA) is 141 Å². The Hall–Kier alpha value is -5.20. The minimum absolute atomic E-state index is 0.0666. The second-order valence-electron chi connectivity index (χ2n) is 11.6. The lowest BCUT2D eigenvalue weighted by molar-refractivity contribution is 0.00681. The van der Waals surface area contributed by atoms with Gasteiger partial charge in [-0.15, -0.1) is 0 Å². The second kappa shape index (κ2) is 12.1. The van der Waals surface area contributed by atoms with Gasteiger partial charge in [-0.2, -0.15) is 5.10 Å². The first-order valence-electron chi connectivity index (χ1n) is 14.1. The number of fused-ring (bicyclic) bond motifs is 2. The molecule has 2 aromatic carbocycles. The lowest BCUT2D eigenvalue weighted by Crippen LogP contribution is -2.29. The third kappa shape index (κ3) is 6.37. The number of methoxy groups -OCH3 is 1. The molecule has 1 aliphatic carbocycles. The van der Waals surface area contributed by atoms with Crippen molar-refractivity contribution in [3.8, 4) is 0 Å². The highest BCUT2D eigenvalue weighted by molar-refractivity contribution is 6.09. The summed E-state index contributed by atoms with van der Waals surface area (Å²) in [4.78, 5) is 56.3. The van der Waals surface area contributed by atoms with E-state index in [1.54, 1.807) is 32.9 Å². The molecule has 234 valence electrons. The number of carbonyl (C=O) groups excluding carboxylic acids is 4. The average Bonchev–Trinajstić information content (AvgIpc) is 3.58. The molecule has 2 heterocycles. The summed E-state index contributed by atoms with van der Waals surface area (Å²) in [5.74, 6) is -4.68. The van der Waals surface area contributed by atoms with E-state index in [1.165, 1.54) is 22.8 Å². The van der Waals surface area contributed by atoms with Crippen LogP contribution in [-0.2, 0) is 22.4 Å². The van der Waals surface area contributed by atoms with E-state index in [0.29, 0.717) is 24.0 Å². The summed E-state index contributed by atoms with van der Waals surface area (Å²) in [6, 6.07) is 7.60. The largest absolute Gasteiger partial charge is 0.464 e. The molecular formula is C32H31F2N5O6. The molecule has 2 N–H and O–H groups in total. The van der Waals surface area contributed by atoms with Crippen molar-refractivity contribution in [2.75, 3.05) is 7.11 Å². The van der Waals surface area contributed by atoms with Crippen molar-refractivity contribution < 1.29 is 37.4 Å². The number of esters is 2. The molecule has 0 saturated heterocycles. The zero-order valence-corrected chi connectivity index (χ0v) is 25.3. The number of nitrogens with zero attached hydrogens (tertiary/aromatic N) is 3. The van der Waals surface area contributed by atoms with Gasteiger partial charge in [-0.05, 0) is 87.1 Å². The van der Waals surface area contributed by atoms with E-state index in [-0.39, 0.29) is 29.1 Å². The van der Waals surface area contributed by atoms with E-state index in [9.17, 15) is 28.0 Å². The zero-order chi connectivity index (χ0) is 32.6. The van der Waals surface area contributed by atoms with Crippen LogP contribution in [0.25, 0.3) is 5.65 Å². The molecule has 1 aliphatic rings. The highest BCUT2D eigenvalue weighted by Gasteiger charge is 2.32. The highest BCUT2D eigenvalue weighted by Crippen LogP contribution is 2.35. The van der Waals surface area contributed by atoms with Crippen molar-refractivity contribution in [2.24, 2.45) is 0 Å². The van der Waals surface area contributed by atoms with Crippen molar-refractivity contribution in [3.63, 3.8) is 0 Å². The van der Waals surface area contributed by atoms with Crippen molar-refractivity contribution in [1.82, 2.24) is 25.2 Å². The third-order valence-electron chi connectivity index (χ3n) is 7.38. The number of benzene rings is 2. The monoisotopic (exact) mass is 619 g/mol. The normalized spacial score (nSPS) is 14.2. The van der Waals surface area contributed by atoms with Crippen LogP contribution in [-0.4, -0.2) is 51.1 Å². The van der Waals surface area contributed by atoms with Crippen LogP contribution in [0.15, 0.2) is 42.6 Å². The molecule has 11 nitrogen and oxygen atoms in total. The first-order valence-corrected chi connectivity index (χ1v) is 14.1. The molecule has 1 unspecified atom stereocenters. The van der Waals surface area contributed by atoms with Crippen molar-refractivity contribution in [1.29, 1.82) is 0 Å². The molecule has 0 fully saturated rings. The molecule has 0 saturated carbocycles. The highest BCUT2D eigenvalue weighted by atomic mass is 19.2. The summed E-state index contributed by atoms with van der Waals surface area (Å²) in [7, 11) is 1.15. The standard InChI is InChI=1S/C32H31F2N5O6/c1-16-18-9-11-23(20(18)8-7-19(16)30(42)45-32(2,3)4)37-29(41)25-26(31(43)44-5)38-39-13-12-24(36-27(25)39)28(40)35-15-17-6-10-21(33)22(34)14-17/h6-8,10,12-14,23H,9,11,15H2,1-5H3,(H,35,40)(H,37,41). The molecule has 1 atom stereocenters. The van der Waals surface area contributed by atoms with Gasteiger partial charge >= 0.3 is 11.9 Å². The number of carbonyl (C=O) groups is 4. The van der Waals surface area contributed by atoms with Gasteiger partial charge in [0.15, 0.2) is 23.0 Å². The fourth-order valence-corrected chi connectivity index (χ4v) is 5.24. The summed E-state index contributed by atoms with van der Waals surface area (Å²) < 4.78 is 38.4. The van der Waals surface area contributed by atoms with Crippen LogP contribution in [0.4, 0.5) is 8.78 Å². The molecule has 0 aliphatic heterocycles. The molecule has 5 rings (SSSR count). The predicted octanol–water partition coefficient (Wildman–Crippen LogP) is 4.41. The number of hydrogen-bond acceptors (Lipinski definition) is 8. The number of nitrogens with one attached hydrogen (secondary N) is 2. The van der Waals surface area contributed by atoms with Gasteiger partial charge < -0.3 is 20.1 Å². The molecule has 0 bridgehead atoms. The number of ether oxygens (including phenoxy) is 2. The van der Waals surface area contributed by atoms with Crippen LogP contribution < -0.4 is 10.6 Å². The van der Waals surface area contributed by atoms with E-state index in [0.717, 1.165) is 35.9 Å². The van der Waals surface area contributed by atoms with Gasteiger partial charge in [-0.25, -0.2) is 27.9 Å². The molecule has 0 spiro atoms. The smallest absolute Gasteiger partial charge is 0.359 e. The Bertz CT molecular complexity index is 1860. The Labute approximate surface area is 256 Å². The van der Waals surface area contributed by atoms with E-state index in [4.69, 9.17) is 9.47 Å². The summed E-state index contributed by atoms with van der Waals surface area (Å²) in [5, 5.41) is 9.68. The Kier molecular flexibility index (Phi) is 8.37. The van der Waals surface area contributed by atoms with Crippen LogP contribution in [0.3, 0.4) is 0 Å². The van der Waals surface area contributed by atoms with E-state index >= 15 is 0 Å². The molecular weight excluding hydrogens is 588 g/mol. The Balaban J connectivity index is 1.41. The SMILES string of the molecule is COC(=O)c1nn2ccc(C(=O)NCc3ccc(F)c(F)c3)nc2c1C(=O)NC1CCc2c1ccc(C(=O)OC(C)(C)C)c2C. The van der Waals surface area contributed by atoms with Crippen molar-refractivity contribution in [2.45, 2.75) is 58.7 Å². The number of aromatic nitrogens is 3. The molecule has 2 amide bonds. The summed E-state index contributed by atoms with van der Waals surface area (Å²) in [6.45, 7) is 7.11. The van der Waals surface area contributed by atoms with E-state index < -0.39 is 47.0 Å². The molecule has 0 radical (unpaired) electrons. The number of halogens is 2. The number of rotatable bonds is 7. The maximum absolute atomic E-state index is 13.7. The van der Waals surface area contributed by atoms with Gasteiger partial charge in [0.1, 0.15) is 16.9 Å². The molecule has 13 heteroatoms. The van der Waals surface area contributed by atoms with Gasteiger partial charge in [0.25, 0.3) is 11.8 Å². The number of hydrogen-bond donors (Lipinski definition) is 2. The van der Waals surface area contributed by atoms with Gasteiger partial charge in [0, 0.05) is 12.7 Å². The van der Waals surface area contributed by atoms with Gasteiger partial charge in [-0.3, -0.25) is 9.59 Å². The fourth-order valence-electron chi connectivity index (χ4n) is 5.24. The summed E-state index contributed by atoms with van der Waals surface area (Å²) >= 11 is 0. The number of amides is 2. The van der Waals surface area contributed by atoms with E-state index in [2.05, 4.69) is 20.7 Å². The molecule has 4 aromatic rings. The van der Waals surface area contributed by atoms with Gasteiger partial charge in [0.05, 0.1) is 18.7 Å². The predicted molar refractivity (Wildman–Crippen MR) is 157 cm³/mol. The first kappa shape index (κ1) is 31.2. The lowest BCUT2D eigenvalue weighted by Gasteiger charge is -2.21. The lowest BCUT2D eigenvalue weighted by atomic mass is 9.97. The van der Waals surface area contributed by atoms with Crippen LogP contribution >= 0.6 is 0 Å². The zero-order valence-electron chi connectivity index (χ0n) is 25.3. The van der Waals surface area contributed by atoms with Gasteiger partial charge in [0.2, 0.25) is 0 Å². The fraction of sp³-hybridized carbons (Fsp3) is 0.312. The second-order valence-corrected chi connectivity index (χ2v) is 11.6. The molecule has 45 heavy (non-hydrogen) atoms. The van der Waals surface area contributed by atoms with Crippen molar-refractivity contribution >= 4 is 29.4 Å². The average molecular weight is 620 g/mol. The van der Waals surface area contributed by atoms with Crippen LogP contribution in [0.1, 0.15) is 97.2 Å². The maximum Gasteiger partial charge on any atom is 0.359 e. The van der Waals surface area contributed by atoms with Crippen LogP contribution in [0.5, 0.6) is 0 Å². The Morgan fingerprint density at radius 2 is 1.78 bits per heavy atom. The van der Waals surface area contributed by atoms with Crippen LogP contribution in [0, 0.1) is 18.6 Å². The van der Waals surface area contributed by atoms with Crippen molar-refractivity contribution in [3.05, 3.63) is 99.0 Å². The minimum atomic E-state index is -1.05. The maximum atomic E-state index is 13.7. The quantitative estimate of drug-likeness (QED) is 0.290.